The van der Waals surface area contributed by atoms with E-state index < -0.39 is 44.3 Å². The van der Waals surface area contributed by atoms with Crippen LogP contribution in [-0.4, -0.2) is 61.6 Å². The Morgan fingerprint density at radius 1 is 1.45 bits per heavy atom. The number of nitrogens with one attached hydrogen (secondary N) is 1. The van der Waals surface area contributed by atoms with Crippen LogP contribution in [0, 0.1) is 12.3 Å². The molecule has 15 heteroatoms. The molecule has 0 saturated carbocycles. The van der Waals surface area contributed by atoms with Crippen LogP contribution in [0.1, 0.15) is 26.5 Å². The molecule has 3 aromatic rings. The number of carbonyl (C=O) groups excluding carboxylic acids is 1. The first kappa shape index (κ1) is 27.8. The Bertz CT molecular complexity index is 1400. The Kier molecular flexibility index (Phi) is 8.22. The molecule has 1 saturated heterocycles. The van der Waals surface area contributed by atoms with Crippen LogP contribution in [0.5, 0.6) is 5.75 Å². The molecule has 4 rings (SSSR count). The van der Waals surface area contributed by atoms with Crippen LogP contribution >= 0.6 is 19.3 Å². The first-order valence-electron chi connectivity index (χ1n) is 11.5. The summed E-state index contributed by atoms with van der Waals surface area (Å²) < 4.78 is 37.6. The van der Waals surface area contributed by atoms with E-state index in [1.165, 1.54) is 17.8 Å². The fourth-order valence-corrected chi connectivity index (χ4v) is 5.48. The van der Waals surface area contributed by atoms with E-state index in [0.29, 0.717) is 5.52 Å². The van der Waals surface area contributed by atoms with E-state index in [2.05, 4.69) is 26.0 Å². The summed E-state index contributed by atoms with van der Waals surface area (Å²) in [5, 5.41) is 13.4. The van der Waals surface area contributed by atoms with Crippen LogP contribution in [0.3, 0.4) is 0 Å². The number of fused-ring (bicyclic) bond motifs is 1. The molecule has 2 aromatic heterocycles. The molecule has 13 nitrogen and oxygen atoms in total. The van der Waals surface area contributed by atoms with Crippen molar-refractivity contribution >= 4 is 42.3 Å². The van der Waals surface area contributed by atoms with Crippen molar-refractivity contribution in [1.29, 1.82) is 0 Å². The second-order valence-corrected chi connectivity index (χ2v) is 10.4. The van der Waals surface area contributed by atoms with Gasteiger partial charge in [0.25, 0.3) is 0 Å². The fourth-order valence-electron chi connectivity index (χ4n) is 3.79. The Morgan fingerprint density at radius 2 is 2.18 bits per heavy atom. The molecule has 0 spiro atoms. The number of halogens is 1. The average Bonchev–Trinajstić information content (AvgIpc) is 3.44. The van der Waals surface area contributed by atoms with Crippen molar-refractivity contribution in [2.24, 2.45) is 0 Å². The second kappa shape index (κ2) is 11.2. The summed E-state index contributed by atoms with van der Waals surface area (Å²) >= 11 is 5.95. The van der Waals surface area contributed by atoms with Crippen molar-refractivity contribution in [3.8, 4) is 18.1 Å². The highest BCUT2D eigenvalue weighted by atomic mass is 35.5. The minimum Gasteiger partial charge on any atom is -0.465 e. The minimum absolute atomic E-state index is 0.0110. The molecular weight excluding hydrogens is 539 g/mol. The maximum atomic E-state index is 13.8. The summed E-state index contributed by atoms with van der Waals surface area (Å²) in [7, 11) is -4.25. The van der Waals surface area contributed by atoms with E-state index in [9.17, 15) is 14.5 Å². The van der Waals surface area contributed by atoms with E-state index in [1.807, 2.05) is 0 Å². The van der Waals surface area contributed by atoms with Gasteiger partial charge >= 0.3 is 13.7 Å². The summed E-state index contributed by atoms with van der Waals surface area (Å²) in [4.78, 5) is 24.4. The summed E-state index contributed by atoms with van der Waals surface area (Å²) in [6, 6.07) is 7.15. The normalized spacial score (nSPS) is 23.4. The smallest absolute Gasteiger partial charge is 0.459 e. The largest absolute Gasteiger partial charge is 0.465 e. The number of aliphatic hydroxyl groups excluding tert-OH is 1. The predicted molar refractivity (Wildman–Crippen MR) is 137 cm³/mol. The van der Waals surface area contributed by atoms with Crippen LogP contribution in [0.2, 0.25) is 5.28 Å². The fraction of sp³-hybridized carbons (Fsp3) is 0.391. The van der Waals surface area contributed by atoms with E-state index in [-0.39, 0.29) is 35.5 Å². The zero-order valence-electron chi connectivity index (χ0n) is 20.5. The highest BCUT2D eigenvalue weighted by Gasteiger charge is 2.50. The van der Waals surface area contributed by atoms with Crippen molar-refractivity contribution in [2.75, 3.05) is 18.9 Å². The van der Waals surface area contributed by atoms with Gasteiger partial charge in [-0.3, -0.25) is 13.9 Å². The third kappa shape index (κ3) is 5.76. The molecule has 5 atom stereocenters. The van der Waals surface area contributed by atoms with Crippen LogP contribution in [0.15, 0.2) is 36.7 Å². The number of imidazole rings is 1. The molecular formula is C23H26ClN6O7P. The number of aliphatic hydroxyl groups is 1. The maximum Gasteiger partial charge on any atom is 0.459 e. The number of carbonyl (C=O) groups is 1. The average molecular weight is 565 g/mol. The van der Waals surface area contributed by atoms with E-state index in [0.717, 1.165) is 0 Å². The van der Waals surface area contributed by atoms with Gasteiger partial charge in [0.2, 0.25) is 5.28 Å². The number of ether oxygens (including phenoxy) is 2. The van der Waals surface area contributed by atoms with Gasteiger partial charge in [-0.2, -0.15) is 15.1 Å². The molecule has 1 fully saturated rings. The van der Waals surface area contributed by atoms with Gasteiger partial charge in [-0.15, -0.1) is 6.42 Å². The number of benzene rings is 1. The van der Waals surface area contributed by atoms with Crippen molar-refractivity contribution < 1.29 is 33.0 Å². The van der Waals surface area contributed by atoms with Gasteiger partial charge in [-0.05, 0) is 37.6 Å². The molecule has 4 N–H and O–H groups in total. The van der Waals surface area contributed by atoms with Crippen LogP contribution < -0.4 is 15.3 Å². The predicted octanol–water partition coefficient (Wildman–Crippen LogP) is 2.46. The van der Waals surface area contributed by atoms with E-state index in [4.69, 9.17) is 42.3 Å². The van der Waals surface area contributed by atoms with Crippen LogP contribution in [-0.2, 0) is 23.4 Å². The van der Waals surface area contributed by atoms with Crippen molar-refractivity contribution in [3.05, 3.63) is 41.9 Å². The molecule has 0 bridgehead atoms. The lowest BCUT2D eigenvalue weighted by atomic mass is 9.99. The number of nitrogens with two attached hydrogens (primary N) is 1. The van der Waals surface area contributed by atoms with Crippen molar-refractivity contribution in [2.45, 2.75) is 44.2 Å². The zero-order valence-corrected chi connectivity index (χ0v) is 22.1. The molecule has 1 aromatic carbocycles. The molecule has 1 aliphatic heterocycles. The summed E-state index contributed by atoms with van der Waals surface area (Å²) in [6.45, 7) is 2.66. The lowest BCUT2D eigenvalue weighted by Gasteiger charge is -2.29. The molecule has 0 radical (unpaired) electrons. The number of nitrogens with zero attached hydrogens (tertiary/aromatic N) is 4. The summed E-state index contributed by atoms with van der Waals surface area (Å²) in [5.74, 6) is 2.03. The van der Waals surface area contributed by atoms with Crippen molar-refractivity contribution in [3.63, 3.8) is 0 Å². The van der Waals surface area contributed by atoms with Gasteiger partial charge in [0.1, 0.15) is 36.2 Å². The number of terminal acetylenes is 1. The van der Waals surface area contributed by atoms with Gasteiger partial charge in [0, 0.05) is 6.42 Å². The van der Waals surface area contributed by atoms with Gasteiger partial charge < -0.3 is 24.8 Å². The maximum absolute atomic E-state index is 13.8. The number of para-hydroxylation sites is 1. The molecule has 0 unspecified atom stereocenters. The first-order valence-corrected chi connectivity index (χ1v) is 13.4. The standard InChI is InChI=1S/C23H26ClN6O7P/c1-4-23(16(31)11-17(36-23)30-13-26-18-19(25)27-22(24)28-20(18)30)12-35-38(33,29-14(3)21(32)34-5-2)37-15-9-7-6-8-10-15/h1,6-10,13-14,16-17,31H,5,11-12H2,2-3H3,(H,29,33)(H2,25,27,28)/t14-,16-,17+,23+,38-/m0/s1. The number of nitrogen functional groups attached to an aromatic ring is 1. The van der Waals surface area contributed by atoms with Crippen LogP contribution in [0.4, 0.5) is 5.82 Å². The zero-order chi connectivity index (χ0) is 27.5. The number of esters is 1. The van der Waals surface area contributed by atoms with E-state index in [1.54, 1.807) is 37.3 Å². The number of hydrogen-bond acceptors (Lipinski definition) is 11. The molecule has 1 aliphatic rings. The Hall–Kier alpha value is -3.24. The third-order valence-corrected chi connectivity index (χ3v) is 7.49. The quantitative estimate of drug-likeness (QED) is 0.142. The molecule has 3 heterocycles. The molecule has 202 valence electrons. The molecule has 0 aliphatic carbocycles. The second-order valence-electron chi connectivity index (χ2n) is 8.34. The van der Waals surface area contributed by atoms with Gasteiger partial charge in [0.05, 0.1) is 12.9 Å². The number of hydrogen-bond donors (Lipinski definition) is 3. The highest BCUT2D eigenvalue weighted by Crippen LogP contribution is 2.48. The van der Waals surface area contributed by atoms with E-state index >= 15 is 0 Å². The monoisotopic (exact) mass is 564 g/mol. The highest BCUT2D eigenvalue weighted by molar-refractivity contribution is 7.52. The van der Waals surface area contributed by atoms with Gasteiger partial charge in [-0.1, -0.05) is 24.1 Å². The Labute approximate surface area is 223 Å². The van der Waals surface area contributed by atoms with Crippen LogP contribution in [0.25, 0.3) is 11.2 Å². The Morgan fingerprint density at radius 3 is 2.87 bits per heavy atom. The number of anilines is 1. The number of aromatic nitrogens is 4. The molecule has 38 heavy (non-hydrogen) atoms. The molecule has 0 amide bonds. The summed E-state index contributed by atoms with van der Waals surface area (Å²) in [6.07, 6.45) is 5.09. The topological polar surface area (TPSA) is 173 Å². The van der Waals surface area contributed by atoms with Crippen molar-refractivity contribution in [1.82, 2.24) is 24.6 Å². The van der Waals surface area contributed by atoms with Gasteiger partial charge in [0.15, 0.2) is 17.1 Å². The SMILES string of the molecule is C#C[C@]1(CO[P@@](=O)(N[C@@H](C)C(=O)OCC)Oc2ccccc2)O[C@@H](n2cnc3c(N)nc(Cl)nc32)C[C@@H]1O. The third-order valence-electron chi connectivity index (χ3n) is 5.69. The lowest BCUT2D eigenvalue weighted by molar-refractivity contribution is -0.144. The number of rotatable bonds is 10. The summed E-state index contributed by atoms with van der Waals surface area (Å²) in [5.41, 5.74) is 4.70. The first-order chi connectivity index (χ1) is 18.1. The van der Waals surface area contributed by atoms with Gasteiger partial charge in [-0.25, -0.2) is 9.55 Å². The minimum atomic E-state index is -4.25. The Balaban J connectivity index is 1.57. The lowest BCUT2D eigenvalue weighted by Crippen LogP contribution is -2.43.